The van der Waals surface area contributed by atoms with Gasteiger partial charge in [-0.25, -0.2) is 0 Å². The summed E-state index contributed by atoms with van der Waals surface area (Å²) in [5.41, 5.74) is 1.08. The van der Waals surface area contributed by atoms with Gasteiger partial charge in [-0.05, 0) is 37.0 Å². The molecule has 0 atom stereocenters. The summed E-state index contributed by atoms with van der Waals surface area (Å²) in [6.07, 6.45) is 1.17. The molecular weight excluding hydrogens is 246 g/mol. The Balaban J connectivity index is 2.46. The molecule has 102 valence electrons. The fourth-order valence-electron chi connectivity index (χ4n) is 1.60. The van der Waals surface area contributed by atoms with Crippen LogP contribution in [0, 0.1) is 0 Å². The standard InChI is InChI=1S/C14H23NO2S/c1-4-17-13-8-7-12(11-14(13)16-3)15-9-6-10-18-5-2/h7-8,11,15H,4-6,9-10H2,1-3H3. The highest BCUT2D eigenvalue weighted by atomic mass is 32.2. The zero-order valence-corrected chi connectivity index (χ0v) is 12.3. The SMILES string of the molecule is CCOc1ccc(NCCCSCC)cc1OC. The molecule has 0 fully saturated rings. The number of nitrogens with one attached hydrogen (secondary N) is 1. The maximum Gasteiger partial charge on any atom is 0.162 e. The summed E-state index contributed by atoms with van der Waals surface area (Å²) >= 11 is 1.98. The van der Waals surface area contributed by atoms with Gasteiger partial charge in [-0.3, -0.25) is 0 Å². The van der Waals surface area contributed by atoms with Gasteiger partial charge in [-0.2, -0.15) is 11.8 Å². The first-order valence-electron chi connectivity index (χ1n) is 6.44. The lowest BCUT2D eigenvalue weighted by Gasteiger charge is -2.12. The third-order valence-electron chi connectivity index (χ3n) is 2.46. The molecule has 0 saturated heterocycles. The predicted octanol–water partition coefficient (Wildman–Crippen LogP) is 3.65. The number of anilines is 1. The zero-order chi connectivity index (χ0) is 13.2. The molecule has 3 nitrogen and oxygen atoms in total. The van der Waals surface area contributed by atoms with Crippen molar-refractivity contribution >= 4 is 17.4 Å². The van der Waals surface area contributed by atoms with Crippen molar-refractivity contribution in [3.05, 3.63) is 18.2 Å². The van der Waals surface area contributed by atoms with E-state index in [9.17, 15) is 0 Å². The molecule has 1 aromatic rings. The fourth-order valence-corrected chi connectivity index (χ4v) is 2.24. The van der Waals surface area contributed by atoms with Crippen LogP contribution in [-0.4, -0.2) is 31.8 Å². The van der Waals surface area contributed by atoms with Crippen LogP contribution in [0.15, 0.2) is 18.2 Å². The quantitative estimate of drug-likeness (QED) is 0.693. The molecular formula is C14H23NO2S. The lowest BCUT2D eigenvalue weighted by Crippen LogP contribution is -2.03. The maximum absolute atomic E-state index is 5.48. The number of methoxy groups -OCH3 is 1. The van der Waals surface area contributed by atoms with Crippen molar-refractivity contribution < 1.29 is 9.47 Å². The average molecular weight is 269 g/mol. The molecule has 0 amide bonds. The summed E-state index contributed by atoms with van der Waals surface area (Å²) in [6, 6.07) is 5.96. The van der Waals surface area contributed by atoms with E-state index in [4.69, 9.17) is 9.47 Å². The van der Waals surface area contributed by atoms with E-state index in [2.05, 4.69) is 12.2 Å². The summed E-state index contributed by atoms with van der Waals surface area (Å²) in [5.74, 6) is 3.98. The predicted molar refractivity (Wildman–Crippen MR) is 80.3 cm³/mol. The summed E-state index contributed by atoms with van der Waals surface area (Å²) in [4.78, 5) is 0. The lowest BCUT2D eigenvalue weighted by molar-refractivity contribution is 0.311. The van der Waals surface area contributed by atoms with Crippen LogP contribution in [0.4, 0.5) is 5.69 Å². The van der Waals surface area contributed by atoms with E-state index in [-0.39, 0.29) is 0 Å². The molecule has 0 spiro atoms. The van der Waals surface area contributed by atoms with E-state index in [1.807, 2.05) is 36.9 Å². The zero-order valence-electron chi connectivity index (χ0n) is 11.5. The first kappa shape index (κ1) is 15.0. The van der Waals surface area contributed by atoms with Crippen LogP contribution in [0.2, 0.25) is 0 Å². The van der Waals surface area contributed by atoms with Crippen molar-refractivity contribution in [2.24, 2.45) is 0 Å². The molecule has 0 aliphatic heterocycles. The van der Waals surface area contributed by atoms with Gasteiger partial charge in [-0.1, -0.05) is 6.92 Å². The van der Waals surface area contributed by atoms with Gasteiger partial charge in [0.1, 0.15) is 0 Å². The summed E-state index contributed by atoms with van der Waals surface area (Å²) < 4.78 is 10.8. The van der Waals surface area contributed by atoms with E-state index in [0.29, 0.717) is 6.61 Å². The Kier molecular flexibility index (Phi) is 7.49. The van der Waals surface area contributed by atoms with Crippen LogP contribution < -0.4 is 14.8 Å². The second-order valence-corrected chi connectivity index (χ2v) is 5.17. The van der Waals surface area contributed by atoms with Crippen molar-refractivity contribution in [3.8, 4) is 11.5 Å². The second kappa shape index (κ2) is 8.97. The van der Waals surface area contributed by atoms with Gasteiger partial charge in [-0.15, -0.1) is 0 Å². The van der Waals surface area contributed by atoms with Crippen molar-refractivity contribution in [1.82, 2.24) is 0 Å². The Morgan fingerprint density at radius 3 is 2.72 bits per heavy atom. The van der Waals surface area contributed by atoms with Gasteiger partial charge in [0, 0.05) is 18.3 Å². The van der Waals surface area contributed by atoms with Crippen molar-refractivity contribution in [1.29, 1.82) is 0 Å². The molecule has 0 aliphatic rings. The lowest BCUT2D eigenvalue weighted by atomic mass is 10.2. The van der Waals surface area contributed by atoms with E-state index in [1.54, 1.807) is 7.11 Å². The molecule has 0 unspecified atom stereocenters. The highest BCUT2D eigenvalue weighted by Gasteiger charge is 2.04. The van der Waals surface area contributed by atoms with Gasteiger partial charge in [0.2, 0.25) is 0 Å². The number of hydrogen-bond acceptors (Lipinski definition) is 4. The van der Waals surface area contributed by atoms with Gasteiger partial charge >= 0.3 is 0 Å². The minimum atomic E-state index is 0.650. The van der Waals surface area contributed by atoms with Crippen molar-refractivity contribution in [2.45, 2.75) is 20.3 Å². The molecule has 0 bridgehead atoms. The molecule has 0 heterocycles. The minimum absolute atomic E-state index is 0.650. The fraction of sp³-hybridized carbons (Fsp3) is 0.571. The summed E-state index contributed by atoms with van der Waals surface area (Å²) in [6.45, 7) is 5.80. The highest BCUT2D eigenvalue weighted by Crippen LogP contribution is 2.30. The molecule has 1 rings (SSSR count). The van der Waals surface area contributed by atoms with Crippen LogP contribution in [0.3, 0.4) is 0 Å². The number of ether oxygens (including phenoxy) is 2. The van der Waals surface area contributed by atoms with Crippen LogP contribution in [0.1, 0.15) is 20.3 Å². The smallest absolute Gasteiger partial charge is 0.162 e. The summed E-state index contributed by atoms with van der Waals surface area (Å²) in [7, 11) is 1.67. The van der Waals surface area contributed by atoms with Crippen LogP contribution >= 0.6 is 11.8 Å². The molecule has 0 aliphatic carbocycles. The Morgan fingerprint density at radius 1 is 1.22 bits per heavy atom. The van der Waals surface area contributed by atoms with Crippen molar-refractivity contribution in [2.75, 3.05) is 37.1 Å². The van der Waals surface area contributed by atoms with Gasteiger partial charge in [0.15, 0.2) is 11.5 Å². The molecule has 0 saturated carbocycles. The molecule has 18 heavy (non-hydrogen) atoms. The Morgan fingerprint density at radius 2 is 2.06 bits per heavy atom. The van der Waals surface area contributed by atoms with Crippen molar-refractivity contribution in [3.63, 3.8) is 0 Å². The number of rotatable bonds is 9. The van der Waals surface area contributed by atoms with Crippen LogP contribution in [0.5, 0.6) is 11.5 Å². The first-order valence-corrected chi connectivity index (χ1v) is 7.59. The Bertz CT molecular complexity index is 345. The maximum atomic E-state index is 5.48. The van der Waals surface area contributed by atoms with Gasteiger partial charge < -0.3 is 14.8 Å². The van der Waals surface area contributed by atoms with Crippen LogP contribution in [0.25, 0.3) is 0 Å². The van der Waals surface area contributed by atoms with E-state index < -0.39 is 0 Å². The summed E-state index contributed by atoms with van der Waals surface area (Å²) in [5, 5.41) is 3.40. The normalized spacial score (nSPS) is 10.2. The highest BCUT2D eigenvalue weighted by molar-refractivity contribution is 7.99. The third-order valence-corrected chi connectivity index (χ3v) is 3.45. The van der Waals surface area contributed by atoms with Gasteiger partial charge in [0.25, 0.3) is 0 Å². The Labute approximate surface area is 114 Å². The molecule has 1 N–H and O–H groups in total. The first-order chi connectivity index (χ1) is 8.81. The number of benzene rings is 1. The van der Waals surface area contributed by atoms with E-state index in [0.717, 1.165) is 23.7 Å². The molecule has 1 aromatic carbocycles. The topological polar surface area (TPSA) is 30.5 Å². The molecule has 4 heteroatoms. The van der Waals surface area contributed by atoms with E-state index in [1.165, 1.54) is 17.9 Å². The minimum Gasteiger partial charge on any atom is -0.493 e. The Hall–Kier alpha value is -1.03. The van der Waals surface area contributed by atoms with Crippen LogP contribution in [-0.2, 0) is 0 Å². The monoisotopic (exact) mass is 269 g/mol. The molecule has 0 aromatic heterocycles. The number of thioether (sulfide) groups is 1. The van der Waals surface area contributed by atoms with Gasteiger partial charge in [0.05, 0.1) is 13.7 Å². The number of hydrogen-bond donors (Lipinski definition) is 1. The second-order valence-electron chi connectivity index (χ2n) is 3.78. The molecule has 0 radical (unpaired) electrons. The van der Waals surface area contributed by atoms with E-state index >= 15 is 0 Å². The average Bonchev–Trinajstić information content (AvgIpc) is 2.40. The third kappa shape index (κ3) is 5.08. The largest absolute Gasteiger partial charge is 0.493 e.